The van der Waals surface area contributed by atoms with E-state index in [4.69, 9.17) is 16.3 Å². The highest BCUT2D eigenvalue weighted by Crippen LogP contribution is 2.20. The van der Waals surface area contributed by atoms with Crippen LogP contribution in [0.2, 0.25) is 5.02 Å². The standard InChI is InChI=1S/C15H15ClFN5O2/c16-11-1-2-13(23)10(7-11)8-19-21-15-18-9-12(17)14(20-15)22-3-5-24-6-4-22/h1-2,7-9,23H,3-6H2,(H,18,20,21). The van der Waals surface area contributed by atoms with Crippen LogP contribution in [0, 0.1) is 5.82 Å². The Morgan fingerprint density at radius 2 is 2.17 bits per heavy atom. The number of aromatic hydroxyl groups is 1. The van der Waals surface area contributed by atoms with E-state index in [1.54, 1.807) is 17.0 Å². The molecule has 0 radical (unpaired) electrons. The van der Waals surface area contributed by atoms with Gasteiger partial charge < -0.3 is 14.7 Å². The average Bonchev–Trinajstić information content (AvgIpc) is 2.60. The van der Waals surface area contributed by atoms with Crippen molar-refractivity contribution in [1.82, 2.24) is 9.97 Å². The van der Waals surface area contributed by atoms with Crippen molar-refractivity contribution in [3.8, 4) is 5.75 Å². The van der Waals surface area contributed by atoms with Crippen molar-refractivity contribution >= 4 is 29.6 Å². The van der Waals surface area contributed by atoms with Crippen LogP contribution in [0.15, 0.2) is 29.5 Å². The van der Waals surface area contributed by atoms with Gasteiger partial charge in [0.15, 0.2) is 11.6 Å². The first-order valence-corrected chi connectivity index (χ1v) is 7.64. The van der Waals surface area contributed by atoms with Gasteiger partial charge in [-0.1, -0.05) is 11.6 Å². The zero-order valence-corrected chi connectivity index (χ0v) is 13.4. The van der Waals surface area contributed by atoms with E-state index in [9.17, 15) is 9.50 Å². The van der Waals surface area contributed by atoms with Crippen molar-refractivity contribution in [2.24, 2.45) is 5.10 Å². The van der Waals surface area contributed by atoms with Crippen molar-refractivity contribution in [3.05, 3.63) is 40.8 Å². The minimum Gasteiger partial charge on any atom is -0.507 e. The molecular weight excluding hydrogens is 337 g/mol. The number of hydrazone groups is 1. The van der Waals surface area contributed by atoms with Crippen LogP contribution in [0.25, 0.3) is 0 Å². The molecule has 24 heavy (non-hydrogen) atoms. The quantitative estimate of drug-likeness (QED) is 0.649. The fourth-order valence-electron chi connectivity index (χ4n) is 2.20. The maximum Gasteiger partial charge on any atom is 0.245 e. The summed E-state index contributed by atoms with van der Waals surface area (Å²) < 4.78 is 19.2. The van der Waals surface area contributed by atoms with E-state index >= 15 is 0 Å². The van der Waals surface area contributed by atoms with Gasteiger partial charge in [0.25, 0.3) is 0 Å². The summed E-state index contributed by atoms with van der Waals surface area (Å²) in [6.07, 6.45) is 2.47. The van der Waals surface area contributed by atoms with E-state index in [0.29, 0.717) is 36.9 Å². The molecule has 9 heteroatoms. The van der Waals surface area contributed by atoms with E-state index in [1.807, 2.05) is 0 Å². The number of anilines is 2. The molecule has 2 heterocycles. The molecule has 2 aromatic rings. The molecule has 1 aliphatic rings. The summed E-state index contributed by atoms with van der Waals surface area (Å²) in [6.45, 7) is 2.18. The molecule has 1 aromatic carbocycles. The second kappa shape index (κ2) is 7.41. The number of nitrogens with zero attached hydrogens (tertiary/aromatic N) is 4. The molecule has 1 saturated heterocycles. The molecular formula is C15H15ClFN5O2. The summed E-state index contributed by atoms with van der Waals surface area (Å²) in [4.78, 5) is 9.78. The second-order valence-electron chi connectivity index (χ2n) is 5.04. The Hall–Kier alpha value is -2.45. The smallest absolute Gasteiger partial charge is 0.245 e. The van der Waals surface area contributed by atoms with Crippen LogP contribution in [-0.4, -0.2) is 47.6 Å². The largest absolute Gasteiger partial charge is 0.507 e. The zero-order chi connectivity index (χ0) is 16.9. The number of ether oxygens (including phenoxy) is 1. The lowest BCUT2D eigenvalue weighted by molar-refractivity contribution is 0.122. The summed E-state index contributed by atoms with van der Waals surface area (Å²) in [7, 11) is 0. The van der Waals surface area contributed by atoms with Crippen molar-refractivity contribution in [2.75, 3.05) is 36.6 Å². The van der Waals surface area contributed by atoms with Crippen LogP contribution in [0.3, 0.4) is 0 Å². The maximum absolute atomic E-state index is 13.9. The number of aromatic nitrogens is 2. The average molecular weight is 352 g/mol. The molecule has 0 spiro atoms. The Labute approximate surface area is 142 Å². The number of phenols is 1. The van der Waals surface area contributed by atoms with E-state index in [0.717, 1.165) is 6.20 Å². The monoisotopic (exact) mass is 351 g/mol. The predicted octanol–water partition coefficient (Wildman–Crippen LogP) is 2.26. The van der Waals surface area contributed by atoms with Crippen molar-refractivity contribution in [1.29, 1.82) is 0 Å². The van der Waals surface area contributed by atoms with Gasteiger partial charge in [-0.2, -0.15) is 10.1 Å². The van der Waals surface area contributed by atoms with Gasteiger partial charge in [0, 0.05) is 23.7 Å². The van der Waals surface area contributed by atoms with Crippen molar-refractivity contribution in [3.63, 3.8) is 0 Å². The number of hydrogen-bond acceptors (Lipinski definition) is 7. The molecule has 0 atom stereocenters. The molecule has 7 nitrogen and oxygen atoms in total. The van der Waals surface area contributed by atoms with Gasteiger partial charge in [0.2, 0.25) is 5.95 Å². The zero-order valence-electron chi connectivity index (χ0n) is 12.6. The highest BCUT2D eigenvalue weighted by molar-refractivity contribution is 6.30. The van der Waals surface area contributed by atoms with Gasteiger partial charge in [0.1, 0.15) is 5.75 Å². The number of benzene rings is 1. The van der Waals surface area contributed by atoms with Crippen molar-refractivity contribution < 1.29 is 14.2 Å². The molecule has 1 aliphatic heterocycles. The highest BCUT2D eigenvalue weighted by Gasteiger charge is 2.17. The summed E-state index contributed by atoms with van der Waals surface area (Å²) >= 11 is 5.86. The van der Waals surface area contributed by atoms with Gasteiger partial charge in [-0.25, -0.2) is 14.8 Å². The normalized spacial score (nSPS) is 15.0. The molecule has 2 N–H and O–H groups in total. The van der Waals surface area contributed by atoms with Crippen LogP contribution in [-0.2, 0) is 4.74 Å². The van der Waals surface area contributed by atoms with Crippen LogP contribution < -0.4 is 10.3 Å². The number of morpholine rings is 1. The van der Waals surface area contributed by atoms with E-state index in [-0.39, 0.29) is 17.5 Å². The summed E-state index contributed by atoms with van der Waals surface area (Å²) in [5, 5.41) is 14.1. The number of rotatable bonds is 4. The molecule has 0 amide bonds. The molecule has 1 aromatic heterocycles. The molecule has 3 rings (SSSR count). The minimum atomic E-state index is -0.501. The fraction of sp³-hybridized carbons (Fsp3) is 0.267. The topological polar surface area (TPSA) is 82.9 Å². The molecule has 0 aliphatic carbocycles. The second-order valence-corrected chi connectivity index (χ2v) is 5.47. The lowest BCUT2D eigenvalue weighted by atomic mass is 10.2. The van der Waals surface area contributed by atoms with E-state index in [1.165, 1.54) is 12.3 Å². The van der Waals surface area contributed by atoms with Crippen molar-refractivity contribution in [2.45, 2.75) is 0 Å². The molecule has 0 saturated carbocycles. The first kappa shape index (κ1) is 16.4. The van der Waals surface area contributed by atoms with E-state index < -0.39 is 5.82 Å². The Morgan fingerprint density at radius 1 is 1.38 bits per heavy atom. The first-order chi connectivity index (χ1) is 11.6. The summed E-state index contributed by atoms with van der Waals surface area (Å²) in [6, 6.07) is 4.60. The number of hydrogen-bond donors (Lipinski definition) is 2. The molecule has 126 valence electrons. The van der Waals surface area contributed by atoms with Crippen LogP contribution in [0.5, 0.6) is 5.75 Å². The van der Waals surface area contributed by atoms with Crippen LogP contribution in [0.1, 0.15) is 5.56 Å². The third kappa shape index (κ3) is 3.90. The van der Waals surface area contributed by atoms with E-state index in [2.05, 4.69) is 20.5 Å². The maximum atomic E-state index is 13.9. The Kier molecular flexibility index (Phi) is 5.07. The van der Waals surface area contributed by atoms with Crippen LogP contribution in [0.4, 0.5) is 16.2 Å². The molecule has 0 bridgehead atoms. The summed E-state index contributed by atoms with van der Waals surface area (Å²) in [5.41, 5.74) is 3.05. The number of nitrogens with one attached hydrogen (secondary N) is 1. The van der Waals surface area contributed by atoms with Gasteiger partial charge in [-0.15, -0.1) is 0 Å². The minimum absolute atomic E-state index is 0.0407. The van der Waals surface area contributed by atoms with Gasteiger partial charge in [0.05, 0.1) is 25.6 Å². The highest BCUT2D eigenvalue weighted by atomic mass is 35.5. The molecule has 0 unspecified atom stereocenters. The van der Waals surface area contributed by atoms with Gasteiger partial charge >= 0.3 is 0 Å². The Balaban J connectivity index is 1.73. The third-order valence-electron chi connectivity index (χ3n) is 3.39. The Bertz CT molecular complexity index is 753. The fourth-order valence-corrected chi connectivity index (χ4v) is 2.38. The summed E-state index contributed by atoms with van der Waals surface area (Å²) in [5.74, 6) is -0.106. The van der Waals surface area contributed by atoms with Gasteiger partial charge in [-0.3, -0.25) is 0 Å². The predicted molar refractivity (Wildman–Crippen MR) is 89.4 cm³/mol. The lowest BCUT2D eigenvalue weighted by Gasteiger charge is -2.27. The third-order valence-corrected chi connectivity index (χ3v) is 3.63. The lowest BCUT2D eigenvalue weighted by Crippen LogP contribution is -2.37. The molecule has 1 fully saturated rings. The SMILES string of the molecule is Oc1ccc(Cl)cc1C=NNc1ncc(F)c(N2CCOCC2)n1. The number of phenolic OH excluding ortho intramolecular Hbond substituents is 1. The van der Waals surface area contributed by atoms with Crippen LogP contribution >= 0.6 is 11.6 Å². The number of halogens is 2. The first-order valence-electron chi connectivity index (χ1n) is 7.26. The Morgan fingerprint density at radius 3 is 2.96 bits per heavy atom. The van der Waals surface area contributed by atoms with Gasteiger partial charge in [-0.05, 0) is 18.2 Å².